The van der Waals surface area contributed by atoms with Crippen LogP contribution >= 0.6 is 15.9 Å². The van der Waals surface area contributed by atoms with Crippen LogP contribution in [0.5, 0.6) is 11.5 Å². The minimum Gasteiger partial charge on any atom is -0.503 e. The van der Waals surface area contributed by atoms with Crippen molar-refractivity contribution < 1.29 is 9.84 Å². The van der Waals surface area contributed by atoms with Crippen LogP contribution in [0.25, 0.3) is 5.95 Å². The molecule has 0 spiro atoms. The predicted octanol–water partition coefficient (Wildman–Crippen LogP) is 3.14. The number of hydrogen-bond acceptors (Lipinski definition) is 6. The molecule has 0 unspecified atom stereocenters. The number of nitrogens with zero attached hydrogens (tertiary/aromatic N) is 6. The maximum atomic E-state index is 10.0. The van der Waals surface area contributed by atoms with Crippen LogP contribution in [-0.4, -0.2) is 42.6 Å². The third kappa shape index (κ3) is 3.48. The van der Waals surface area contributed by atoms with Gasteiger partial charge in [-0.05, 0) is 67.4 Å². The Balaban J connectivity index is 2.00. The van der Waals surface area contributed by atoms with Gasteiger partial charge in [0.2, 0.25) is 0 Å². The van der Waals surface area contributed by atoms with Crippen molar-refractivity contribution in [3.63, 3.8) is 0 Å². The molecule has 1 aromatic carbocycles. The number of aromatic nitrogens is 5. The summed E-state index contributed by atoms with van der Waals surface area (Å²) in [6, 6.07) is 5.43. The van der Waals surface area contributed by atoms with Gasteiger partial charge in [0.25, 0.3) is 5.95 Å². The quantitative estimate of drug-likeness (QED) is 0.642. The number of aromatic hydroxyl groups is 1. The number of phenols is 1. The van der Waals surface area contributed by atoms with Crippen molar-refractivity contribution in [2.24, 2.45) is 5.10 Å². The van der Waals surface area contributed by atoms with Crippen molar-refractivity contribution >= 4 is 22.1 Å². The fraction of sp³-hybridized carbons (Fsp3) is 0.294. The standard InChI is InChI=1S/C17H19BrN6O2/c1-5-26-15-8-13(7-14(18)16(15)25)9-19-24-12(4)20-21-17(24)23-11(3)6-10(2)22-23/h6-9,25H,5H2,1-4H3/b19-9+. The maximum absolute atomic E-state index is 10.0. The molecular weight excluding hydrogens is 400 g/mol. The van der Waals surface area contributed by atoms with E-state index < -0.39 is 0 Å². The zero-order valence-electron chi connectivity index (χ0n) is 14.9. The van der Waals surface area contributed by atoms with Crippen molar-refractivity contribution in [3.8, 4) is 17.4 Å². The molecule has 2 aromatic heterocycles. The fourth-order valence-electron chi connectivity index (χ4n) is 2.50. The lowest BCUT2D eigenvalue weighted by Crippen LogP contribution is -2.08. The van der Waals surface area contributed by atoms with E-state index in [0.717, 1.165) is 17.0 Å². The van der Waals surface area contributed by atoms with Crippen LogP contribution in [0.2, 0.25) is 0 Å². The Morgan fingerprint density at radius 1 is 1.23 bits per heavy atom. The molecule has 0 fully saturated rings. The Bertz CT molecular complexity index is 976. The molecule has 0 aliphatic heterocycles. The molecule has 3 rings (SSSR count). The third-order valence-electron chi connectivity index (χ3n) is 3.65. The monoisotopic (exact) mass is 418 g/mol. The number of benzene rings is 1. The molecule has 2 heterocycles. The van der Waals surface area contributed by atoms with E-state index in [-0.39, 0.29) is 5.75 Å². The van der Waals surface area contributed by atoms with Gasteiger partial charge in [-0.15, -0.1) is 10.2 Å². The third-order valence-corrected chi connectivity index (χ3v) is 4.26. The zero-order chi connectivity index (χ0) is 18.8. The molecule has 1 N–H and O–H groups in total. The lowest BCUT2D eigenvalue weighted by molar-refractivity contribution is 0.317. The van der Waals surface area contributed by atoms with Crippen LogP contribution in [-0.2, 0) is 0 Å². The molecule has 26 heavy (non-hydrogen) atoms. The van der Waals surface area contributed by atoms with Crippen LogP contribution < -0.4 is 4.74 Å². The van der Waals surface area contributed by atoms with Gasteiger partial charge in [0.15, 0.2) is 17.3 Å². The highest BCUT2D eigenvalue weighted by Gasteiger charge is 2.14. The molecular formula is C17H19BrN6O2. The normalized spacial score (nSPS) is 11.4. The summed E-state index contributed by atoms with van der Waals surface area (Å²) in [5.74, 6) is 1.59. The van der Waals surface area contributed by atoms with E-state index in [1.54, 1.807) is 27.7 Å². The summed E-state index contributed by atoms with van der Waals surface area (Å²) < 4.78 is 9.29. The fourth-order valence-corrected chi connectivity index (χ4v) is 2.96. The molecule has 0 radical (unpaired) electrons. The van der Waals surface area contributed by atoms with Gasteiger partial charge < -0.3 is 9.84 Å². The van der Waals surface area contributed by atoms with E-state index in [1.165, 1.54) is 0 Å². The molecule has 0 aliphatic carbocycles. The van der Waals surface area contributed by atoms with Crippen LogP contribution in [0.15, 0.2) is 27.8 Å². The first-order valence-corrected chi connectivity index (χ1v) is 8.85. The van der Waals surface area contributed by atoms with Gasteiger partial charge in [-0.3, -0.25) is 0 Å². The van der Waals surface area contributed by atoms with E-state index in [1.807, 2.05) is 33.8 Å². The van der Waals surface area contributed by atoms with E-state index >= 15 is 0 Å². The lowest BCUT2D eigenvalue weighted by Gasteiger charge is -2.08. The number of hydrogen-bond donors (Lipinski definition) is 1. The summed E-state index contributed by atoms with van der Waals surface area (Å²) >= 11 is 3.33. The number of rotatable bonds is 5. The van der Waals surface area contributed by atoms with Crippen molar-refractivity contribution in [2.45, 2.75) is 27.7 Å². The summed E-state index contributed by atoms with van der Waals surface area (Å²) in [4.78, 5) is 0. The van der Waals surface area contributed by atoms with Crippen LogP contribution in [0.1, 0.15) is 29.7 Å². The van der Waals surface area contributed by atoms with Crippen LogP contribution in [0, 0.1) is 20.8 Å². The first-order chi connectivity index (χ1) is 12.4. The Hall–Kier alpha value is -2.68. The molecule has 0 saturated carbocycles. The molecule has 136 valence electrons. The average molecular weight is 419 g/mol. The Morgan fingerprint density at radius 3 is 2.65 bits per heavy atom. The van der Waals surface area contributed by atoms with Crippen molar-refractivity contribution in [1.29, 1.82) is 0 Å². The summed E-state index contributed by atoms with van der Waals surface area (Å²) in [6.45, 7) is 7.99. The lowest BCUT2D eigenvalue weighted by atomic mass is 10.2. The summed E-state index contributed by atoms with van der Waals surface area (Å²) in [5.41, 5.74) is 2.59. The second-order valence-corrected chi connectivity index (χ2v) is 6.58. The zero-order valence-corrected chi connectivity index (χ0v) is 16.5. The summed E-state index contributed by atoms with van der Waals surface area (Å²) in [7, 11) is 0. The van der Waals surface area contributed by atoms with Gasteiger partial charge in [-0.1, -0.05) is 0 Å². The first-order valence-electron chi connectivity index (χ1n) is 8.06. The molecule has 0 amide bonds. The number of aryl methyl sites for hydroxylation is 3. The molecule has 0 saturated heterocycles. The minimum atomic E-state index is 0.0628. The minimum absolute atomic E-state index is 0.0628. The van der Waals surface area contributed by atoms with Gasteiger partial charge in [-0.2, -0.15) is 14.9 Å². The summed E-state index contributed by atoms with van der Waals surface area (Å²) in [5, 5.41) is 27.2. The SMILES string of the molecule is CCOc1cc(/C=N/n2c(C)nnc2-n2nc(C)cc2C)cc(Br)c1O. The van der Waals surface area contributed by atoms with Gasteiger partial charge in [-0.25, -0.2) is 4.68 Å². The van der Waals surface area contributed by atoms with E-state index in [9.17, 15) is 5.11 Å². The highest BCUT2D eigenvalue weighted by atomic mass is 79.9. The molecule has 8 nitrogen and oxygen atoms in total. The number of phenolic OH excluding ortho intramolecular Hbond substituents is 1. The van der Waals surface area contributed by atoms with E-state index in [4.69, 9.17) is 4.74 Å². The Morgan fingerprint density at radius 2 is 2.00 bits per heavy atom. The van der Waals surface area contributed by atoms with Crippen molar-refractivity contribution in [1.82, 2.24) is 24.7 Å². The molecule has 9 heteroatoms. The van der Waals surface area contributed by atoms with Gasteiger partial charge in [0.05, 0.1) is 23.0 Å². The van der Waals surface area contributed by atoms with E-state index in [2.05, 4.69) is 36.3 Å². The largest absolute Gasteiger partial charge is 0.503 e. The Kier molecular flexibility index (Phi) is 5.08. The van der Waals surface area contributed by atoms with Crippen LogP contribution in [0.3, 0.4) is 0 Å². The highest BCUT2D eigenvalue weighted by molar-refractivity contribution is 9.10. The topological polar surface area (TPSA) is 90.4 Å². The van der Waals surface area contributed by atoms with Gasteiger partial charge in [0, 0.05) is 5.69 Å². The summed E-state index contributed by atoms with van der Waals surface area (Å²) in [6.07, 6.45) is 1.65. The highest BCUT2D eigenvalue weighted by Crippen LogP contribution is 2.35. The van der Waals surface area contributed by atoms with Gasteiger partial charge in [0.1, 0.15) is 0 Å². The second-order valence-electron chi connectivity index (χ2n) is 5.72. The molecule has 0 atom stereocenters. The van der Waals surface area contributed by atoms with Crippen LogP contribution in [0.4, 0.5) is 0 Å². The smallest absolute Gasteiger partial charge is 0.273 e. The number of ether oxygens (including phenoxy) is 1. The maximum Gasteiger partial charge on any atom is 0.273 e. The van der Waals surface area contributed by atoms with E-state index in [0.29, 0.717) is 28.6 Å². The second kappa shape index (κ2) is 7.28. The van der Waals surface area contributed by atoms with Gasteiger partial charge >= 0.3 is 0 Å². The first kappa shape index (κ1) is 18.1. The molecule has 0 aliphatic rings. The molecule has 0 bridgehead atoms. The number of halogens is 1. The predicted molar refractivity (Wildman–Crippen MR) is 101 cm³/mol. The Labute approximate surface area is 159 Å². The van der Waals surface area contributed by atoms with Crippen molar-refractivity contribution in [3.05, 3.63) is 45.4 Å². The average Bonchev–Trinajstić information content (AvgIpc) is 3.11. The van der Waals surface area contributed by atoms with Crippen molar-refractivity contribution in [2.75, 3.05) is 6.61 Å². The molecule has 3 aromatic rings.